The molecule has 2 aliphatic heterocycles. The summed E-state index contributed by atoms with van der Waals surface area (Å²) in [5, 5.41) is 0. The van der Waals surface area contributed by atoms with Crippen LogP contribution >= 0.6 is 0 Å². The number of hydrogen-bond donors (Lipinski definition) is 0. The number of aryl methyl sites for hydroxylation is 1. The van der Waals surface area contributed by atoms with E-state index in [2.05, 4.69) is 48.2 Å². The summed E-state index contributed by atoms with van der Waals surface area (Å²) in [5.74, 6) is 0.0669. The topological polar surface area (TPSA) is 32.8 Å². The van der Waals surface area contributed by atoms with Crippen LogP contribution in [0.1, 0.15) is 23.1 Å². The fraction of sp³-hybridized carbons (Fsp3) is 0.409. The predicted octanol–water partition coefficient (Wildman–Crippen LogP) is 2.95. The number of benzene rings is 2. The van der Waals surface area contributed by atoms with E-state index in [1.807, 2.05) is 30.1 Å². The first-order valence-corrected chi connectivity index (χ1v) is 9.31. The zero-order valence-corrected chi connectivity index (χ0v) is 15.5. The summed E-state index contributed by atoms with van der Waals surface area (Å²) >= 11 is 0. The molecule has 0 N–H and O–H groups in total. The molecule has 26 heavy (non-hydrogen) atoms. The minimum absolute atomic E-state index is 0.00819. The lowest BCUT2D eigenvalue weighted by Crippen LogP contribution is -2.66. The van der Waals surface area contributed by atoms with E-state index in [0.717, 1.165) is 26.1 Å². The minimum Gasteiger partial charge on any atom is -0.364 e. The standard InChI is InChI=1S/C22H26N2O2/c1-17-7-6-8-18(13-17)14-24-12-11-22(19-9-4-3-5-10-19)20(15-24)26-16-21(25)23(22)2/h3-10,13,20H,11-12,14-16H2,1-2H3/t20-,22+/m1/s1. The lowest BCUT2D eigenvalue weighted by Gasteiger charge is -2.55. The van der Waals surface area contributed by atoms with Crippen molar-refractivity contribution in [1.82, 2.24) is 9.80 Å². The van der Waals surface area contributed by atoms with Crippen LogP contribution in [0.5, 0.6) is 0 Å². The fourth-order valence-electron chi connectivity index (χ4n) is 4.49. The molecule has 0 spiro atoms. The average Bonchev–Trinajstić information content (AvgIpc) is 2.66. The van der Waals surface area contributed by atoms with Gasteiger partial charge in [0.25, 0.3) is 0 Å². The van der Waals surface area contributed by atoms with Crippen molar-refractivity contribution in [1.29, 1.82) is 0 Å². The number of rotatable bonds is 3. The molecule has 1 amide bonds. The van der Waals surface area contributed by atoms with Crippen molar-refractivity contribution in [2.75, 3.05) is 26.7 Å². The third kappa shape index (κ3) is 2.93. The number of carbonyl (C=O) groups excluding carboxylic acids is 1. The van der Waals surface area contributed by atoms with Crippen LogP contribution in [0.25, 0.3) is 0 Å². The number of likely N-dealkylation sites (N-methyl/N-ethyl adjacent to an activating group) is 1. The molecule has 0 unspecified atom stereocenters. The van der Waals surface area contributed by atoms with Crippen molar-refractivity contribution in [3.8, 4) is 0 Å². The minimum atomic E-state index is -0.361. The highest BCUT2D eigenvalue weighted by Crippen LogP contribution is 2.42. The second kappa shape index (κ2) is 6.86. The van der Waals surface area contributed by atoms with E-state index in [9.17, 15) is 4.79 Å². The molecule has 4 nitrogen and oxygen atoms in total. The van der Waals surface area contributed by atoms with Gasteiger partial charge >= 0.3 is 0 Å². The van der Waals surface area contributed by atoms with Crippen molar-refractivity contribution in [2.45, 2.75) is 31.5 Å². The number of ether oxygens (including phenoxy) is 1. The Morgan fingerprint density at radius 2 is 1.96 bits per heavy atom. The maximum absolute atomic E-state index is 12.4. The van der Waals surface area contributed by atoms with Gasteiger partial charge in [0.1, 0.15) is 6.61 Å². The fourth-order valence-corrected chi connectivity index (χ4v) is 4.49. The normalized spacial score (nSPS) is 26.6. The quantitative estimate of drug-likeness (QED) is 0.853. The molecule has 0 saturated carbocycles. The summed E-state index contributed by atoms with van der Waals surface area (Å²) in [5.41, 5.74) is 3.44. The lowest BCUT2D eigenvalue weighted by atomic mass is 9.76. The smallest absolute Gasteiger partial charge is 0.249 e. The van der Waals surface area contributed by atoms with Gasteiger partial charge in [-0.3, -0.25) is 9.69 Å². The monoisotopic (exact) mass is 350 g/mol. The van der Waals surface area contributed by atoms with E-state index in [-0.39, 0.29) is 24.2 Å². The van der Waals surface area contributed by atoms with E-state index >= 15 is 0 Å². The number of hydrogen-bond acceptors (Lipinski definition) is 3. The maximum Gasteiger partial charge on any atom is 0.249 e. The number of likely N-dealkylation sites (tertiary alicyclic amines) is 1. The van der Waals surface area contributed by atoms with Gasteiger partial charge in [-0.25, -0.2) is 0 Å². The average molecular weight is 350 g/mol. The second-order valence-electron chi connectivity index (χ2n) is 7.52. The van der Waals surface area contributed by atoms with E-state index < -0.39 is 0 Å². The Morgan fingerprint density at radius 1 is 1.15 bits per heavy atom. The van der Waals surface area contributed by atoms with Crippen LogP contribution in [0.2, 0.25) is 0 Å². The molecule has 0 aromatic heterocycles. The molecule has 2 atom stereocenters. The van der Waals surface area contributed by atoms with Gasteiger partial charge in [-0.2, -0.15) is 0 Å². The molecule has 2 aromatic rings. The first kappa shape index (κ1) is 17.3. The molecule has 4 heteroatoms. The Labute approximate surface area is 155 Å². The van der Waals surface area contributed by atoms with Crippen molar-refractivity contribution < 1.29 is 9.53 Å². The third-order valence-electron chi connectivity index (χ3n) is 5.91. The van der Waals surface area contributed by atoms with Gasteiger partial charge in [0.2, 0.25) is 5.91 Å². The van der Waals surface area contributed by atoms with E-state index in [0.29, 0.717) is 0 Å². The first-order valence-electron chi connectivity index (χ1n) is 9.31. The molecule has 136 valence electrons. The summed E-state index contributed by atoms with van der Waals surface area (Å²) in [6.07, 6.45) is 0.876. The van der Waals surface area contributed by atoms with E-state index in [4.69, 9.17) is 4.74 Å². The number of carbonyl (C=O) groups is 1. The first-order chi connectivity index (χ1) is 12.6. The van der Waals surface area contributed by atoms with Crippen LogP contribution < -0.4 is 0 Å². The zero-order valence-electron chi connectivity index (χ0n) is 15.5. The number of amides is 1. The van der Waals surface area contributed by atoms with Crippen molar-refractivity contribution in [3.63, 3.8) is 0 Å². The highest BCUT2D eigenvalue weighted by molar-refractivity contribution is 5.79. The van der Waals surface area contributed by atoms with Crippen LogP contribution in [0, 0.1) is 6.92 Å². The van der Waals surface area contributed by atoms with Gasteiger partial charge in [-0.1, -0.05) is 60.2 Å². The van der Waals surface area contributed by atoms with Crippen molar-refractivity contribution in [3.05, 3.63) is 71.3 Å². The van der Waals surface area contributed by atoms with Crippen molar-refractivity contribution in [2.24, 2.45) is 0 Å². The molecule has 2 aliphatic rings. The summed E-state index contributed by atoms with van der Waals surface area (Å²) in [6, 6.07) is 19.1. The van der Waals surface area contributed by atoms with Crippen LogP contribution in [-0.4, -0.2) is 48.6 Å². The highest BCUT2D eigenvalue weighted by Gasteiger charge is 2.52. The Bertz CT molecular complexity index is 792. The lowest BCUT2D eigenvalue weighted by molar-refractivity contribution is -0.183. The predicted molar refractivity (Wildman–Crippen MR) is 102 cm³/mol. The molecular formula is C22H26N2O2. The Kier molecular flexibility index (Phi) is 4.55. The Hall–Kier alpha value is -2.17. The summed E-state index contributed by atoms with van der Waals surface area (Å²) in [6.45, 7) is 5.00. The molecular weight excluding hydrogens is 324 g/mol. The molecule has 4 rings (SSSR count). The molecule has 2 heterocycles. The molecule has 0 radical (unpaired) electrons. The molecule has 2 aromatic carbocycles. The van der Waals surface area contributed by atoms with E-state index in [1.165, 1.54) is 16.7 Å². The number of morpholine rings is 1. The van der Waals surface area contributed by atoms with Crippen molar-refractivity contribution >= 4 is 5.91 Å². The number of piperidine rings is 1. The van der Waals surface area contributed by atoms with Gasteiger partial charge in [-0.15, -0.1) is 0 Å². The number of nitrogens with zero attached hydrogens (tertiary/aromatic N) is 2. The van der Waals surface area contributed by atoms with Crippen LogP contribution in [-0.2, 0) is 21.6 Å². The summed E-state index contributed by atoms with van der Waals surface area (Å²) < 4.78 is 6.08. The maximum atomic E-state index is 12.4. The Morgan fingerprint density at radius 3 is 2.73 bits per heavy atom. The highest BCUT2D eigenvalue weighted by atomic mass is 16.5. The van der Waals surface area contributed by atoms with Crippen LogP contribution in [0.15, 0.2) is 54.6 Å². The van der Waals surface area contributed by atoms with Crippen LogP contribution in [0.4, 0.5) is 0 Å². The second-order valence-corrected chi connectivity index (χ2v) is 7.52. The van der Waals surface area contributed by atoms with E-state index in [1.54, 1.807) is 0 Å². The van der Waals surface area contributed by atoms with Gasteiger partial charge in [0.05, 0.1) is 11.6 Å². The van der Waals surface area contributed by atoms with Crippen LogP contribution in [0.3, 0.4) is 0 Å². The molecule has 2 fully saturated rings. The third-order valence-corrected chi connectivity index (χ3v) is 5.91. The largest absolute Gasteiger partial charge is 0.364 e. The number of fused-ring (bicyclic) bond motifs is 1. The van der Waals surface area contributed by atoms with Gasteiger partial charge in [0, 0.05) is 26.7 Å². The van der Waals surface area contributed by atoms with Gasteiger partial charge < -0.3 is 9.64 Å². The SMILES string of the molecule is Cc1cccc(CN2CC[C@]3(c4ccccc4)[C@@H](C2)OCC(=O)N3C)c1. The van der Waals surface area contributed by atoms with Gasteiger partial charge in [0.15, 0.2) is 0 Å². The summed E-state index contributed by atoms with van der Waals surface area (Å²) in [7, 11) is 1.93. The molecule has 2 saturated heterocycles. The summed E-state index contributed by atoms with van der Waals surface area (Å²) in [4.78, 5) is 16.8. The molecule has 0 aliphatic carbocycles. The zero-order chi connectivity index (χ0) is 18.1. The Balaban J connectivity index is 1.60. The van der Waals surface area contributed by atoms with Gasteiger partial charge in [-0.05, 0) is 24.5 Å². The molecule has 0 bridgehead atoms.